The molecule has 0 amide bonds. The fourth-order valence-electron chi connectivity index (χ4n) is 1.67. The quantitative estimate of drug-likeness (QED) is 0.781. The summed E-state index contributed by atoms with van der Waals surface area (Å²) in [5, 5.41) is 0.592. The van der Waals surface area contributed by atoms with Crippen molar-refractivity contribution in [1.82, 2.24) is 0 Å². The minimum atomic E-state index is -0.463. The van der Waals surface area contributed by atoms with Gasteiger partial charge in [-0.25, -0.2) is 4.39 Å². The Bertz CT molecular complexity index is 611. The first-order valence-corrected chi connectivity index (χ1v) is 6.12. The van der Waals surface area contributed by atoms with Crippen LogP contribution in [0.2, 0.25) is 5.02 Å². The van der Waals surface area contributed by atoms with Crippen molar-refractivity contribution in [3.05, 3.63) is 64.4 Å². The average Bonchev–Trinajstić information content (AvgIpc) is 2.38. The van der Waals surface area contributed by atoms with Crippen LogP contribution in [-0.2, 0) is 6.61 Å². The number of ketones is 1. The van der Waals surface area contributed by atoms with Crippen LogP contribution < -0.4 is 4.74 Å². The summed E-state index contributed by atoms with van der Waals surface area (Å²) < 4.78 is 18.7. The maximum absolute atomic E-state index is 13.1. The van der Waals surface area contributed by atoms with Crippen molar-refractivity contribution < 1.29 is 13.9 Å². The molecule has 0 N–H and O–H groups in total. The summed E-state index contributed by atoms with van der Waals surface area (Å²) in [6.07, 6.45) is 0. The molecule has 0 radical (unpaired) electrons. The normalized spacial score (nSPS) is 10.3. The fraction of sp³-hybridized carbons (Fsp3) is 0.133. The third-order valence-corrected chi connectivity index (χ3v) is 3.03. The molecule has 19 heavy (non-hydrogen) atoms. The first-order chi connectivity index (χ1) is 9.08. The number of Topliss-reactive ketones (excluding diaryl/α,β-unsaturated/α-hetero) is 1. The summed E-state index contributed by atoms with van der Waals surface area (Å²) in [5.74, 6) is -0.349. The molecular formula is C15H12ClFO2. The highest BCUT2D eigenvalue weighted by Crippen LogP contribution is 2.23. The van der Waals surface area contributed by atoms with Gasteiger partial charge in [-0.3, -0.25) is 4.79 Å². The molecule has 2 aromatic carbocycles. The van der Waals surface area contributed by atoms with Crippen molar-refractivity contribution in [3.63, 3.8) is 0 Å². The van der Waals surface area contributed by atoms with Crippen LogP contribution in [0.4, 0.5) is 4.39 Å². The fourth-order valence-corrected chi connectivity index (χ4v) is 1.86. The Morgan fingerprint density at radius 2 is 2.00 bits per heavy atom. The van der Waals surface area contributed by atoms with Gasteiger partial charge in [0.1, 0.15) is 18.2 Å². The van der Waals surface area contributed by atoms with E-state index < -0.39 is 5.82 Å². The van der Waals surface area contributed by atoms with Gasteiger partial charge < -0.3 is 4.74 Å². The summed E-state index contributed by atoms with van der Waals surface area (Å²) in [7, 11) is 0. The molecule has 2 aromatic rings. The Labute approximate surface area is 115 Å². The van der Waals surface area contributed by atoms with Crippen LogP contribution >= 0.6 is 11.6 Å². The Hall–Kier alpha value is -1.87. The van der Waals surface area contributed by atoms with Crippen LogP contribution in [0.1, 0.15) is 22.8 Å². The minimum absolute atomic E-state index is 0.228. The zero-order valence-corrected chi connectivity index (χ0v) is 11.1. The van der Waals surface area contributed by atoms with Crippen molar-refractivity contribution in [2.45, 2.75) is 13.5 Å². The van der Waals surface area contributed by atoms with Crippen LogP contribution in [0.3, 0.4) is 0 Å². The number of ether oxygens (including phenoxy) is 1. The number of carbonyl (C=O) groups excluding carboxylic acids is 1. The van der Waals surface area contributed by atoms with Crippen LogP contribution in [0, 0.1) is 5.82 Å². The smallest absolute Gasteiger partial charge is 0.163 e. The van der Waals surface area contributed by atoms with E-state index in [0.29, 0.717) is 10.8 Å². The van der Waals surface area contributed by atoms with Gasteiger partial charge in [-0.05, 0) is 31.2 Å². The van der Waals surface area contributed by atoms with E-state index in [9.17, 15) is 9.18 Å². The molecule has 0 aliphatic rings. The summed E-state index contributed by atoms with van der Waals surface area (Å²) >= 11 is 6.01. The molecule has 0 fully saturated rings. The van der Waals surface area contributed by atoms with E-state index in [-0.39, 0.29) is 18.0 Å². The topological polar surface area (TPSA) is 26.3 Å². The predicted molar refractivity (Wildman–Crippen MR) is 72.2 cm³/mol. The summed E-state index contributed by atoms with van der Waals surface area (Å²) in [6, 6.07) is 11.1. The Morgan fingerprint density at radius 3 is 2.68 bits per heavy atom. The highest BCUT2D eigenvalue weighted by atomic mass is 35.5. The van der Waals surface area contributed by atoms with E-state index in [1.165, 1.54) is 25.1 Å². The number of benzene rings is 2. The second-order valence-electron chi connectivity index (χ2n) is 4.08. The van der Waals surface area contributed by atoms with Crippen molar-refractivity contribution in [2.24, 2.45) is 0 Å². The lowest BCUT2D eigenvalue weighted by molar-refractivity contribution is 0.101. The van der Waals surface area contributed by atoms with Crippen molar-refractivity contribution in [3.8, 4) is 5.75 Å². The van der Waals surface area contributed by atoms with Gasteiger partial charge in [-0.2, -0.15) is 0 Å². The van der Waals surface area contributed by atoms with Crippen molar-refractivity contribution in [1.29, 1.82) is 0 Å². The van der Waals surface area contributed by atoms with Crippen LogP contribution in [0.5, 0.6) is 5.75 Å². The SMILES string of the molecule is CC(=O)c1cc(F)ccc1OCc1ccccc1Cl. The maximum Gasteiger partial charge on any atom is 0.163 e. The van der Waals surface area contributed by atoms with Crippen molar-refractivity contribution >= 4 is 17.4 Å². The van der Waals surface area contributed by atoms with Gasteiger partial charge in [-0.15, -0.1) is 0 Å². The van der Waals surface area contributed by atoms with Crippen molar-refractivity contribution in [2.75, 3.05) is 0 Å². The molecule has 0 heterocycles. The molecule has 0 saturated heterocycles. The Kier molecular flexibility index (Phi) is 4.17. The molecule has 0 aliphatic carbocycles. The molecule has 0 unspecified atom stereocenters. The van der Waals surface area contributed by atoms with Crippen LogP contribution in [0.25, 0.3) is 0 Å². The van der Waals surface area contributed by atoms with Gasteiger partial charge >= 0.3 is 0 Å². The third-order valence-electron chi connectivity index (χ3n) is 2.66. The number of hydrogen-bond donors (Lipinski definition) is 0. The number of carbonyl (C=O) groups is 1. The second kappa shape index (κ2) is 5.85. The summed E-state index contributed by atoms with van der Waals surface area (Å²) in [4.78, 5) is 11.4. The third kappa shape index (κ3) is 3.32. The van der Waals surface area contributed by atoms with Gasteiger partial charge in [0.05, 0.1) is 5.56 Å². The largest absolute Gasteiger partial charge is 0.488 e. The number of hydrogen-bond acceptors (Lipinski definition) is 2. The average molecular weight is 279 g/mol. The predicted octanol–water partition coefficient (Wildman–Crippen LogP) is 4.26. The molecular weight excluding hydrogens is 267 g/mol. The van der Waals surface area contributed by atoms with Gasteiger partial charge in [0.2, 0.25) is 0 Å². The zero-order chi connectivity index (χ0) is 13.8. The first-order valence-electron chi connectivity index (χ1n) is 5.74. The summed E-state index contributed by atoms with van der Waals surface area (Å²) in [5.41, 5.74) is 1.04. The lowest BCUT2D eigenvalue weighted by Gasteiger charge is -2.10. The van der Waals surface area contributed by atoms with E-state index in [0.717, 1.165) is 5.56 Å². The van der Waals surface area contributed by atoms with Crippen LogP contribution in [0.15, 0.2) is 42.5 Å². The van der Waals surface area contributed by atoms with Crippen LogP contribution in [-0.4, -0.2) is 5.78 Å². The molecule has 0 bridgehead atoms. The monoisotopic (exact) mass is 278 g/mol. The lowest BCUT2D eigenvalue weighted by Crippen LogP contribution is -2.02. The van der Waals surface area contributed by atoms with E-state index in [1.807, 2.05) is 18.2 Å². The highest BCUT2D eigenvalue weighted by molar-refractivity contribution is 6.31. The van der Waals surface area contributed by atoms with E-state index >= 15 is 0 Å². The molecule has 0 aromatic heterocycles. The molecule has 0 spiro atoms. The molecule has 0 aliphatic heterocycles. The highest BCUT2D eigenvalue weighted by Gasteiger charge is 2.10. The lowest BCUT2D eigenvalue weighted by atomic mass is 10.1. The first kappa shape index (κ1) is 13.6. The van der Waals surface area contributed by atoms with Gasteiger partial charge in [-0.1, -0.05) is 29.8 Å². The van der Waals surface area contributed by atoms with E-state index in [2.05, 4.69) is 0 Å². The number of rotatable bonds is 4. The minimum Gasteiger partial charge on any atom is -0.488 e. The Balaban J connectivity index is 2.20. The zero-order valence-electron chi connectivity index (χ0n) is 10.3. The van der Waals surface area contributed by atoms with E-state index in [4.69, 9.17) is 16.3 Å². The van der Waals surface area contributed by atoms with Gasteiger partial charge in [0, 0.05) is 10.6 Å². The van der Waals surface area contributed by atoms with Gasteiger partial charge in [0.15, 0.2) is 5.78 Å². The van der Waals surface area contributed by atoms with E-state index in [1.54, 1.807) is 6.07 Å². The molecule has 4 heteroatoms. The number of halogens is 2. The molecule has 2 rings (SSSR count). The molecule has 0 saturated carbocycles. The standard InChI is InChI=1S/C15H12ClFO2/c1-10(18)13-8-12(17)6-7-15(13)19-9-11-4-2-3-5-14(11)16/h2-8H,9H2,1H3. The Morgan fingerprint density at radius 1 is 1.26 bits per heavy atom. The molecule has 2 nitrogen and oxygen atoms in total. The molecule has 98 valence electrons. The summed E-state index contributed by atoms with van der Waals surface area (Å²) in [6.45, 7) is 1.60. The second-order valence-corrected chi connectivity index (χ2v) is 4.48. The van der Waals surface area contributed by atoms with Gasteiger partial charge in [0.25, 0.3) is 0 Å². The molecule has 0 atom stereocenters. The maximum atomic E-state index is 13.1.